The summed E-state index contributed by atoms with van der Waals surface area (Å²) < 4.78 is 6.87. The summed E-state index contributed by atoms with van der Waals surface area (Å²) in [5.74, 6) is 0.327. The second-order valence-electron chi connectivity index (χ2n) is 5.09. The number of carbonyl (C=O) groups excluding carboxylic acids is 2. The SMILES string of the molecule is CC(NC(=O)Cn1cccn1)c1ccc2c(c1)NC(=O)CO2. The fourth-order valence-corrected chi connectivity index (χ4v) is 2.28. The molecule has 2 N–H and O–H groups in total. The number of nitrogens with zero attached hydrogens (tertiary/aromatic N) is 2. The topological polar surface area (TPSA) is 85.3 Å². The Hall–Kier alpha value is -2.83. The average molecular weight is 300 g/mol. The maximum absolute atomic E-state index is 12.0. The van der Waals surface area contributed by atoms with Gasteiger partial charge in [0, 0.05) is 12.4 Å². The predicted molar refractivity (Wildman–Crippen MR) is 79.4 cm³/mol. The third-order valence-electron chi connectivity index (χ3n) is 3.38. The summed E-state index contributed by atoms with van der Waals surface area (Å²) in [6, 6.07) is 7.05. The Morgan fingerprint density at radius 3 is 3.18 bits per heavy atom. The first kappa shape index (κ1) is 14.1. The quantitative estimate of drug-likeness (QED) is 0.885. The van der Waals surface area contributed by atoms with E-state index in [2.05, 4.69) is 15.7 Å². The monoisotopic (exact) mass is 300 g/mol. The second kappa shape index (κ2) is 5.88. The number of carbonyl (C=O) groups is 2. The van der Waals surface area contributed by atoms with Gasteiger partial charge in [-0.1, -0.05) is 6.07 Å². The second-order valence-corrected chi connectivity index (χ2v) is 5.09. The Labute approximate surface area is 127 Å². The zero-order valence-electron chi connectivity index (χ0n) is 12.1. The maximum Gasteiger partial charge on any atom is 0.262 e. The Kier molecular flexibility index (Phi) is 3.78. The Bertz CT molecular complexity index is 697. The molecule has 3 rings (SSSR count). The third-order valence-corrected chi connectivity index (χ3v) is 3.38. The first-order chi connectivity index (χ1) is 10.6. The van der Waals surface area contributed by atoms with Gasteiger partial charge in [0.1, 0.15) is 12.3 Å². The van der Waals surface area contributed by atoms with Crippen molar-refractivity contribution in [2.24, 2.45) is 0 Å². The van der Waals surface area contributed by atoms with Gasteiger partial charge in [-0.15, -0.1) is 0 Å². The van der Waals surface area contributed by atoms with Crippen LogP contribution in [0.1, 0.15) is 18.5 Å². The van der Waals surface area contributed by atoms with Gasteiger partial charge in [-0.2, -0.15) is 5.10 Å². The summed E-state index contributed by atoms with van der Waals surface area (Å²) in [5.41, 5.74) is 1.51. The Morgan fingerprint density at radius 2 is 2.41 bits per heavy atom. The van der Waals surface area contributed by atoms with E-state index in [1.54, 1.807) is 29.2 Å². The van der Waals surface area contributed by atoms with Crippen molar-refractivity contribution in [2.45, 2.75) is 19.5 Å². The van der Waals surface area contributed by atoms with Crippen molar-refractivity contribution in [3.05, 3.63) is 42.2 Å². The maximum atomic E-state index is 12.0. The van der Waals surface area contributed by atoms with Crippen molar-refractivity contribution in [1.29, 1.82) is 0 Å². The molecular weight excluding hydrogens is 284 g/mol. The van der Waals surface area contributed by atoms with Crippen molar-refractivity contribution in [2.75, 3.05) is 11.9 Å². The van der Waals surface area contributed by atoms with Crippen molar-refractivity contribution >= 4 is 17.5 Å². The van der Waals surface area contributed by atoms with Gasteiger partial charge in [-0.05, 0) is 30.7 Å². The van der Waals surface area contributed by atoms with Crippen molar-refractivity contribution in [1.82, 2.24) is 15.1 Å². The number of ether oxygens (including phenoxy) is 1. The molecule has 1 aromatic heterocycles. The fourth-order valence-electron chi connectivity index (χ4n) is 2.28. The van der Waals surface area contributed by atoms with E-state index >= 15 is 0 Å². The summed E-state index contributed by atoms with van der Waals surface area (Å²) in [4.78, 5) is 23.3. The Balaban J connectivity index is 1.67. The molecule has 1 aliphatic rings. The van der Waals surface area contributed by atoms with Gasteiger partial charge in [0.2, 0.25) is 5.91 Å². The zero-order chi connectivity index (χ0) is 15.5. The third kappa shape index (κ3) is 3.08. The van der Waals surface area contributed by atoms with Crippen LogP contribution in [0.4, 0.5) is 5.69 Å². The summed E-state index contributed by atoms with van der Waals surface area (Å²) in [6.45, 7) is 2.08. The molecule has 1 unspecified atom stereocenters. The highest BCUT2D eigenvalue weighted by molar-refractivity contribution is 5.95. The van der Waals surface area contributed by atoms with Crippen LogP contribution in [0.5, 0.6) is 5.75 Å². The number of anilines is 1. The molecule has 0 aliphatic carbocycles. The van der Waals surface area contributed by atoms with Crippen LogP contribution in [0, 0.1) is 0 Å². The molecule has 0 saturated heterocycles. The number of rotatable bonds is 4. The molecule has 7 heteroatoms. The van der Waals surface area contributed by atoms with E-state index in [1.807, 2.05) is 19.1 Å². The van der Waals surface area contributed by atoms with Crippen molar-refractivity contribution < 1.29 is 14.3 Å². The minimum Gasteiger partial charge on any atom is -0.482 e. The van der Waals surface area contributed by atoms with Gasteiger partial charge in [-0.25, -0.2) is 0 Å². The standard InChI is InChI=1S/C15H16N4O3/c1-10(17-14(20)8-19-6-2-5-16-19)11-3-4-13-12(7-11)18-15(21)9-22-13/h2-7,10H,8-9H2,1H3,(H,17,20)(H,18,21). The van der Waals surface area contributed by atoms with Gasteiger partial charge < -0.3 is 15.4 Å². The summed E-state index contributed by atoms with van der Waals surface area (Å²) >= 11 is 0. The number of amides is 2. The van der Waals surface area contributed by atoms with Crippen LogP contribution in [0.2, 0.25) is 0 Å². The van der Waals surface area contributed by atoms with Crippen molar-refractivity contribution in [3.8, 4) is 5.75 Å². The number of fused-ring (bicyclic) bond motifs is 1. The van der Waals surface area contributed by atoms with Gasteiger partial charge in [0.05, 0.1) is 11.7 Å². The first-order valence-corrected chi connectivity index (χ1v) is 6.95. The summed E-state index contributed by atoms with van der Waals surface area (Å²) in [7, 11) is 0. The molecular formula is C15H16N4O3. The molecule has 114 valence electrons. The molecule has 0 radical (unpaired) electrons. The molecule has 0 bridgehead atoms. The van der Waals surface area contributed by atoms with Crippen LogP contribution in [-0.4, -0.2) is 28.2 Å². The summed E-state index contributed by atoms with van der Waals surface area (Å²) in [5, 5.41) is 9.65. The largest absolute Gasteiger partial charge is 0.482 e. The van der Waals surface area contributed by atoms with Gasteiger partial charge >= 0.3 is 0 Å². The van der Waals surface area contributed by atoms with E-state index in [9.17, 15) is 9.59 Å². The molecule has 7 nitrogen and oxygen atoms in total. The molecule has 1 aromatic carbocycles. The highest BCUT2D eigenvalue weighted by atomic mass is 16.5. The van der Waals surface area contributed by atoms with Crippen LogP contribution in [0.15, 0.2) is 36.7 Å². The smallest absolute Gasteiger partial charge is 0.262 e. The van der Waals surface area contributed by atoms with Crippen LogP contribution >= 0.6 is 0 Å². The lowest BCUT2D eigenvalue weighted by Gasteiger charge is -2.21. The molecule has 0 saturated carbocycles. The average Bonchev–Trinajstić information content (AvgIpc) is 2.99. The number of hydrogen-bond acceptors (Lipinski definition) is 4. The van der Waals surface area contributed by atoms with Gasteiger partial charge in [0.25, 0.3) is 5.91 Å². The predicted octanol–water partition coefficient (Wildman–Crippen LogP) is 1.09. The molecule has 2 heterocycles. The fraction of sp³-hybridized carbons (Fsp3) is 0.267. The highest BCUT2D eigenvalue weighted by Gasteiger charge is 2.18. The van der Waals surface area contributed by atoms with Crippen LogP contribution in [0.25, 0.3) is 0 Å². The summed E-state index contributed by atoms with van der Waals surface area (Å²) in [6.07, 6.45) is 3.36. The van der Waals surface area contributed by atoms with E-state index in [0.29, 0.717) is 11.4 Å². The lowest BCUT2D eigenvalue weighted by molar-refractivity contribution is -0.122. The van der Waals surface area contributed by atoms with E-state index in [0.717, 1.165) is 5.56 Å². The lowest BCUT2D eigenvalue weighted by Crippen LogP contribution is -2.30. The molecule has 0 spiro atoms. The van der Waals surface area contributed by atoms with E-state index in [-0.39, 0.29) is 31.0 Å². The van der Waals surface area contributed by atoms with Gasteiger partial charge in [0.15, 0.2) is 6.61 Å². The minimum atomic E-state index is -0.188. The van der Waals surface area contributed by atoms with Crippen LogP contribution in [-0.2, 0) is 16.1 Å². The van der Waals surface area contributed by atoms with E-state index in [1.165, 1.54) is 0 Å². The molecule has 2 amide bonds. The van der Waals surface area contributed by atoms with E-state index in [4.69, 9.17) is 4.74 Å². The first-order valence-electron chi connectivity index (χ1n) is 6.95. The van der Waals surface area contributed by atoms with Crippen LogP contribution in [0.3, 0.4) is 0 Å². The molecule has 1 atom stereocenters. The Morgan fingerprint density at radius 1 is 1.55 bits per heavy atom. The molecule has 1 aliphatic heterocycles. The molecule has 0 fully saturated rings. The van der Waals surface area contributed by atoms with E-state index < -0.39 is 0 Å². The number of aromatic nitrogens is 2. The van der Waals surface area contributed by atoms with Gasteiger partial charge in [-0.3, -0.25) is 14.3 Å². The minimum absolute atomic E-state index is 0.0303. The number of benzene rings is 1. The normalized spacial score (nSPS) is 14.5. The number of nitrogens with one attached hydrogen (secondary N) is 2. The number of hydrogen-bond donors (Lipinski definition) is 2. The zero-order valence-corrected chi connectivity index (χ0v) is 12.1. The van der Waals surface area contributed by atoms with Crippen molar-refractivity contribution in [3.63, 3.8) is 0 Å². The lowest BCUT2D eigenvalue weighted by atomic mass is 10.1. The van der Waals surface area contributed by atoms with Crippen LogP contribution < -0.4 is 15.4 Å². The highest BCUT2D eigenvalue weighted by Crippen LogP contribution is 2.30. The molecule has 2 aromatic rings. The molecule has 22 heavy (non-hydrogen) atoms.